The first kappa shape index (κ1) is 18.6. The topological polar surface area (TPSA) is 74.0 Å². The third-order valence-corrected chi connectivity index (χ3v) is 6.10. The quantitative estimate of drug-likeness (QED) is 0.847. The minimum absolute atomic E-state index is 0.0804. The number of aryl methyl sites for hydroxylation is 2. The summed E-state index contributed by atoms with van der Waals surface area (Å²) in [5.41, 5.74) is 4.08. The molecule has 7 heteroatoms. The number of nitrogens with zero attached hydrogens (tertiary/aromatic N) is 4. The van der Waals surface area contributed by atoms with Crippen molar-refractivity contribution in [3.8, 4) is 6.07 Å². The van der Waals surface area contributed by atoms with Gasteiger partial charge in [0.15, 0.2) is 0 Å². The number of nitriles is 1. The van der Waals surface area contributed by atoms with Crippen molar-refractivity contribution >= 4 is 22.2 Å². The average Bonchev–Trinajstić information content (AvgIpc) is 3.14. The smallest absolute Gasteiger partial charge is 0.239 e. The maximum absolute atomic E-state index is 12.5. The number of aromatic nitrogens is 2. The Balaban J connectivity index is 1.63. The average molecular weight is 372 g/mol. The molecule has 26 heavy (non-hydrogen) atoms. The van der Waals surface area contributed by atoms with Gasteiger partial charge in [-0.3, -0.25) is 14.4 Å². The number of amides is 1. The first-order valence-electron chi connectivity index (χ1n) is 9.07. The molecule has 1 aliphatic carbocycles. The van der Waals surface area contributed by atoms with E-state index in [0.717, 1.165) is 42.6 Å². The highest BCUT2D eigenvalue weighted by Crippen LogP contribution is 2.37. The Bertz CT molecular complexity index is 845. The van der Waals surface area contributed by atoms with E-state index in [4.69, 9.17) is 0 Å². The Kier molecular flexibility index (Phi) is 5.74. The van der Waals surface area contributed by atoms with Crippen LogP contribution in [-0.4, -0.2) is 34.2 Å². The van der Waals surface area contributed by atoms with E-state index in [1.54, 1.807) is 11.3 Å². The van der Waals surface area contributed by atoms with Gasteiger partial charge in [0.25, 0.3) is 0 Å². The molecule has 0 atom stereocenters. The van der Waals surface area contributed by atoms with Gasteiger partial charge < -0.3 is 5.32 Å². The van der Waals surface area contributed by atoms with Crippen molar-refractivity contribution in [3.63, 3.8) is 0 Å². The Morgan fingerprint density at radius 1 is 1.46 bits per heavy atom. The summed E-state index contributed by atoms with van der Waals surface area (Å²) < 4.78 is 1.96. The molecule has 138 valence electrons. The lowest BCUT2D eigenvalue weighted by molar-refractivity contribution is -0.117. The van der Waals surface area contributed by atoms with Crippen LogP contribution in [0.5, 0.6) is 0 Å². The van der Waals surface area contributed by atoms with Gasteiger partial charge in [-0.15, -0.1) is 11.3 Å². The van der Waals surface area contributed by atoms with Gasteiger partial charge in [-0.05, 0) is 52.1 Å². The lowest BCUT2D eigenvalue weighted by Crippen LogP contribution is -2.30. The zero-order valence-electron chi connectivity index (χ0n) is 15.6. The Morgan fingerprint density at radius 3 is 2.92 bits per heavy atom. The number of carbonyl (C=O) groups excluding carboxylic acids is 1. The van der Waals surface area contributed by atoms with E-state index in [9.17, 15) is 10.1 Å². The van der Waals surface area contributed by atoms with E-state index < -0.39 is 0 Å². The summed E-state index contributed by atoms with van der Waals surface area (Å²) in [6.45, 7) is 5.91. The maximum Gasteiger partial charge on any atom is 0.239 e. The molecule has 2 aromatic heterocycles. The fourth-order valence-corrected chi connectivity index (χ4v) is 4.75. The van der Waals surface area contributed by atoms with Crippen LogP contribution in [-0.2, 0) is 30.7 Å². The molecule has 0 saturated heterocycles. The molecule has 0 spiro atoms. The summed E-state index contributed by atoms with van der Waals surface area (Å²) in [6.07, 6.45) is 6.13. The van der Waals surface area contributed by atoms with Gasteiger partial charge >= 0.3 is 0 Å². The van der Waals surface area contributed by atoms with Crippen LogP contribution >= 0.6 is 11.3 Å². The molecule has 0 bridgehead atoms. The van der Waals surface area contributed by atoms with Crippen molar-refractivity contribution < 1.29 is 4.79 Å². The number of carbonyl (C=O) groups is 1. The SMILES string of the molecule is CCn1ncc(CN(C)CC(=O)Nc2sc3c(c2C#N)CCCC3)c1C. The zero-order chi connectivity index (χ0) is 18.7. The zero-order valence-corrected chi connectivity index (χ0v) is 16.4. The summed E-state index contributed by atoms with van der Waals surface area (Å²) in [5, 5.41) is 17.5. The van der Waals surface area contributed by atoms with Crippen molar-refractivity contribution in [3.05, 3.63) is 33.5 Å². The third kappa shape index (κ3) is 3.81. The van der Waals surface area contributed by atoms with Crippen LogP contribution in [0.4, 0.5) is 5.00 Å². The normalized spacial score (nSPS) is 13.5. The van der Waals surface area contributed by atoms with Gasteiger partial charge in [-0.25, -0.2) is 0 Å². The number of hydrogen-bond acceptors (Lipinski definition) is 5. The van der Waals surface area contributed by atoms with Crippen LogP contribution in [0, 0.1) is 18.3 Å². The van der Waals surface area contributed by atoms with Crippen molar-refractivity contribution in [2.75, 3.05) is 18.9 Å². The summed E-state index contributed by atoms with van der Waals surface area (Å²) in [6, 6.07) is 2.29. The number of nitrogens with one attached hydrogen (secondary N) is 1. The Labute approximate surface area is 158 Å². The Morgan fingerprint density at radius 2 is 2.23 bits per heavy atom. The van der Waals surface area contributed by atoms with E-state index in [0.29, 0.717) is 17.1 Å². The van der Waals surface area contributed by atoms with Crippen molar-refractivity contribution in [1.29, 1.82) is 5.26 Å². The van der Waals surface area contributed by atoms with Gasteiger partial charge in [0, 0.05) is 29.2 Å². The highest BCUT2D eigenvalue weighted by molar-refractivity contribution is 7.16. The molecule has 0 saturated carbocycles. The van der Waals surface area contributed by atoms with Crippen molar-refractivity contribution in [1.82, 2.24) is 14.7 Å². The number of fused-ring (bicyclic) bond motifs is 1. The predicted octanol–water partition coefficient (Wildman–Crippen LogP) is 3.09. The lowest BCUT2D eigenvalue weighted by Gasteiger charge is -2.16. The summed E-state index contributed by atoms with van der Waals surface area (Å²) >= 11 is 1.57. The molecule has 6 nitrogen and oxygen atoms in total. The van der Waals surface area contributed by atoms with Gasteiger partial charge in [0.1, 0.15) is 11.1 Å². The standard InChI is InChI=1S/C19H25N5OS/c1-4-24-13(2)14(10-21-24)11-23(3)12-18(25)22-19-16(9-20)15-7-5-6-8-17(15)26-19/h10H,4-8,11-12H2,1-3H3,(H,22,25). The molecule has 0 aromatic carbocycles. The van der Waals surface area contributed by atoms with E-state index in [-0.39, 0.29) is 12.5 Å². The van der Waals surface area contributed by atoms with Crippen LogP contribution in [0.1, 0.15) is 47.0 Å². The Hall–Kier alpha value is -2.17. The molecule has 1 aliphatic rings. The number of thiophene rings is 1. The van der Waals surface area contributed by atoms with Crippen molar-refractivity contribution in [2.45, 2.75) is 52.6 Å². The molecule has 3 rings (SSSR count). The minimum Gasteiger partial charge on any atom is -0.315 e. The minimum atomic E-state index is -0.0804. The molecule has 0 fully saturated rings. The molecular weight excluding hydrogens is 346 g/mol. The number of hydrogen-bond donors (Lipinski definition) is 1. The molecule has 1 amide bonds. The fraction of sp³-hybridized carbons (Fsp3) is 0.526. The largest absolute Gasteiger partial charge is 0.315 e. The number of rotatable bonds is 6. The first-order chi connectivity index (χ1) is 12.5. The van der Waals surface area contributed by atoms with Gasteiger partial charge in [0.2, 0.25) is 5.91 Å². The first-order valence-corrected chi connectivity index (χ1v) is 9.89. The van der Waals surface area contributed by atoms with E-state index in [1.807, 2.05) is 22.8 Å². The third-order valence-electron chi connectivity index (χ3n) is 4.89. The van der Waals surface area contributed by atoms with E-state index >= 15 is 0 Å². The summed E-state index contributed by atoms with van der Waals surface area (Å²) in [5.74, 6) is -0.0804. The van der Waals surface area contributed by atoms with Gasteiger partial charge in [-0.2, -0.15) is 10.4 Å². The molecule has 2 heterocycles. The molecule has 0 unspecified atom stereocenters. The second kappa shape index (κ2) is 8.02. The van der Waals surface area contributed by atoms with Gasteiger partial charge in [0.05, 0.1) is 18.3 Å². The van der Waals surface area contributed by atoms with Crippen LogP contribution in [0.25, 0.3) is 0 Å². The van der Waals surface area contributed by atoms with Crippen LogP contribution in [0.3, 0.4) is 0 Å². The number of likely N-dealkylation sites (N-methyl/N-ethyl adjacent to an activating group) is 1. The lowest BCUT2D eigenvalue weighted by atomic mass is 9.96. The molecule has 0 aliphatic heterocycles. The van der Waals surface area contributed by atoms with Crippen LogP contribution < -0.4 is 5.32 Å². The second-order valence-corrected chi connectivity index (χ2v) is 7.92. The van der Waals surface area contributed by atoms with Crippen LogP contribution in [0.2, 0.25) is 0 Å². The van der Waals surface area contributed by atoms with Crippen LogP contribution in [0.15, 0.2) is 6.20 Å². The van der Waals surface area contributed by atoms with E-state index in [1.165, 1.54) is 11.3 Å². The monoisotopic (exact) mass is 371 g/mol. The predicted molar refractivity (Wildman–Crippen MR) is 103 cm³/mol. The maximum atomic E-state index is 12.5. The second-order valence-electron chi connectivity index (χ2n) is 6.82. The highest BCUT2D eigenvalue weighted by Gasteiger charge is 2.22. The van der Waals surface area contributed by atoms with Crippen molar-refractivity contribution in [2.24, 2.45) is 0 Å². The van der Waals surface area contributed by atoms with Gasteiger partial charge in [-0.1, -0.05) is 0 Å². The fourth-order valence-electron chi connectivity index (χ4n) is 3.49. The summed E-state index contributed by atoms with van der Waals surface area (Å²) in [7, 11) is 1.92. The highest BCUT2D eigenvalue weighted by atomic mass is 32.1. The molecular formula is C19H25N5OS. The van der Waals surface area contributed by atoms with E-state index in [2.05, 4.69) is 30.3 Å². The molecule has 2 aromatic rings. The number of anilines is 1. The summed E-state index contributed by atoms with van der Waals surface area (Å²) in [4.78, 5) is 15.7. The molecule has 0 radical (unpaired) electrons. The molecule has 1 N–H and O–H groups in total.